The molecule has 0 radical (unpaired) electrons. The first-order valence-electron chi connectivity index (χ1n) is 10.2. The normalized spacial score (nSPS) is 15.5. The number of rotatable bonds is 5. The fourth-order valence-corrected chi connectivity index (χ4v) is 9.40. The smallest absolute Gasteiger partial charge is 0.201 e. The topological polar surface area (TPSA) is 0 Å². The van der Waals surface area contributed by atoms with E-state index < -0.39 is 18.9 Å². The van der Waals surface area contributed by atoms with Crippen LogP contribution in [0.5, 0.6) is 0 Å². The molecule has 0 heterocycles. The summed E-state index contributed by atoms with van der Waals surface area (Å²) in [6.07, 6.45) is 7.02. The number of hydrogen-bond acceptors (Lipinski definition) is 0. The molecule has 4 rings (SSSR count). The van der Waals surface area contributed by atoms with Crippen LogP contribution in [0.25, 0.3) is 0 Å². The molecule has 28 heavy (non-hydrogen) atoms. The number of halogens is 2. The molecule has 0 atom stereocenters. The lowest BCUT2D eigenvalue weighted by molar-refractivity contribution is 0.389. The molecule has 0 amide bonds. The highest BCUT2D eigenvalue weighted by Gasteiger charge is 2.49. The fourth-order valence-electron chi connectivity index (χ4n) is 4.65. The highest BCUT2D eigenvalue weighted by Crippen LogP contribution is 2.58. The first kappa shape index (κ1) is 19.3. The van der Waals surface area contributed by atoms with Crippen LogP contribution in [0, 0.1) is 17.6 Å². The van der Waals surface area contributed by atoms with Crippen LogP contribution in [0.2, 0.25) is 0 Å². The first-order chi connectivity index (χ1) is 13.7. The molecule has 0 N–H and O–H groups in total. The molecule has 1 aliphatic rings. The van der Waals surface area contributed by atoms with Gasteiger partial charge in [-0.05, 0) is 55.2 Å². The first-order valence-corrected chi connectivity index (χ1v) is 12.1. The molecule has 1 fully saturated rings. The monoisotopic (exact) mass is 395 g/mol. The van der Waals surface area contributed by atoms with Gasteiger partial charge in [-0.15, -0.1) is 0 Å². The van der Waals surface area contributed by atoms with Gasteiger partial charge in [0, 0.05) is 0 Å². The molecule has 1 saturated carbocycles. The second kappa shape index (κ2) is 8.53. The Bertz CT molecular complexity index is 863. The Balaban J connectivity index is 1.97. The summed E-state index contributed by atoms with van der Waals surface area (Å²) < 4.78 is 29.6. The summed E-state index contributed by atoms with van der Waals surface area (Å²) in [5.41, 5.74) is 0. The molecule has 0 spiro atoms. The van der Waals surface area contributed by atoms with Crippen LogP contribution in [0.15, 0.2) is 78.9 Å². The number of benzene rings is 3. The van der Waals surface area contributed by atoms with Gasteiger partial charge in [0.25, 0.3) is 0 Å². The third-order valence-corrected chi connectivity index (χ3v) is 10.6. The largest absolute Gasteiger partial charge is 0.204 e. The van der Waals surface area contributed by atoms with Gasteiger partial charge in [0.1, 0.15) is 23.2 Å². The SMILES string of the molecule is Fc1cccc([P+](CC2CCCCC2)(c2ccccc2)c2ccccc2)c1F. The standard InChI is InChI=1S/C25H26F2P/c26-23-17-10-18-24(25(23)27)28(21-13-6-2-7-14-21,22-15-8-3-9-16-22)19-20-11-4-1-5-12-20/h2-3,6-10,13-18,20H,1,4-5,11-12,19H2/q+1. The third kappa shape index (κ3) is 3.63. The van der Waals surface area contributed by atoms with Crippen LogP contribution in [0.3, 0.4) is 0 Å². The summed E-state index contributed by atoms with van der Waals surface area (Å²) >= 11 is 0. The zero-order chi connectivity index (χ0) is 19.4. The second-order valence-electron chi connectivity index (χ2n) is 7.74. The van der Waals surface area contributed by atoms with Crippen LogP contribution >= 0.6 is 7.26 Å². The lowest BCUT2D eigenvalue weighted by Gasteiger charge is -2.32. The molecule has 3 aromatic rings. The Morgan fingerprint density at radius 3 is 1.82 bits per heavy atom. The summed E-state index contributed by atoms with van der Waals surface area (Å²) in [6, 6.07) is 25.2. The van der Waals surface area contributed by atoms with E-state index in [0.29, 0.717) is 11.2 Å². The van der Waals surface area contributed by atoms with Crippen molar-refractivity contribution in [2.75, 3.05) is 6.16 Å². The maximum Gasteiger partial charge on any atom is 0.201 e. The molecule has 0 aromatic heterocycles. The van der Waals surface area contributed by atoms with E-state index in [1.54, 1.807) is 6.07 Å². The molecule has 0 unspecified atom stereocenters. The molecule has 3 aromatic carbocycles. The Labute approximate surface area is 167 Å². The van der Waals surface area contributed by atoms with E-state index in [9.17, 15) is 4.39 Å². The average molecular weight is 395 g/mol. The van der Waals surface area contributed by atoms with Gasteiger partial charge in [-0.2, -0.15) is 4.39 Å². The van der Waals surface area contributed by atoms with Crippen LogP contribution in [-0.2, 0) is 0 Å². The van der Waals surface area contributed by atoms with Crippen molar-refractivity contribution in [2.24, 2.45) is 5.92 Å². The van der Waals surface area contributed by atoms with Crippen molar-refractivity contribution in [3.63, 3.8) is 0 Å². The van der Waals surface area contributed by atoms with Crippen molar-refractivity contribution in [1.29, 1.82) is 0 Å². The molecule has 1 aliphatic carbocycles. The van der Waals surface area contributed by atoms with Crippen molar-refractivity contribution in [2.45, 2.75) is 32.1 Å². The Hall–Kier alpha value is -2.05. The van der Waals surface area contributed by atoms with Gasteiger partial charge < -0.3 is 0 Å². The average Bonchev–Trinajstić information content (AvgIpc) is 2.76. The van der Waals surface area contributed by atoms with Gasteiger partial charge in [-0.25, -0.2) is 4.39 Å². The van der Waals surface area contributed by atoms with Crippen molar-refractivity contribution in [3.8, 4) is 0 Å². The minimum Gasteiger partial charge on any atom is -0.204 e. The lowest BCUT2D eigenvalue weighted by Crippen LogP contribution is -2.37. The zero-order valence-corrected chi connectivity index (χ0v) is 16.9. The molecule has 0 nitrogen and oxygen atoms in total. The van der Waals surface area contributed by atoms with Gasteiger partial charge in [-0.1, -0.05) is 61.7 Å². The Morgan fingerprint density at radius 1 is 0.679 bits per heavy atom. The Kier molecular flexibility index (Phi) is 5.87. The lowest BCUT2D eigenvalue weighted by atomic mass is 9.91. The predicted octanol–water partition coefficient (Wildman–Crippen LogP) is 5.84. The maximum atomic E-state index is 15.3. The summed E-state index contributed by atoms with van der Waals surface area (Å²) in [5, 5.41) is 2.82. The van der Waals surface area contributed by atoms with Gasteiger partial charge in [0.2, 0.25) is 5.82 Å². The molecule has 0 aliphatic heterocycles. The van der Waals surface area contributed by atoms with Crippen molar-refractivity contribution >= 4 is 23.2 Å². The Morgan fingerprint density at radius 2 is 1.25 bits per heavy atom. The van der Waals surface area contributed by atoms with E-state index in [2.05, 4.69) is 24.3 Å². The van der Waals surface area contributed by atoms with Crippen molar-refractivity contribution in [1.82, 2.24) is 0 Å². The fraction of sp³-hybridized carbons (Fsp3) is 0.280. The molecular weight excluding hydrogens is 369 g/mol. The van der Waals surface area contributed by atoms with Crippen molar-refractivity contribution < 1.29 is 8.78 Å². The van der Waals surface area contributed by atoms with Gasteiger partial charge >= 0.3 is 0 Å². The molecule has 144 valence electrons. The molecule has 0 bridgehead atoms. The highest BCUT2D eigenvalue weighted by molar-refractivity contribution is 7.95. The summed E-state index contributed by atoms with van der Waals surface area (Å²) in [7, 11) is -2.30. The van der Waals surface area contributed by atoms with Crippen LogP contribution in [0.4, 0.5) is 8.78 Å². The van der Waals surface area contributed by atoms with Crippen LogP contribution in [0.1, 0.15) is 32.1 Å². The third-order valence-electron chi connectivity index (χ3n) is 5.99. The second-order valence-corrected chi connectivity index (χ2v) is 11.2. The van der Waals surface area contributed by atoms with Gasteiger partial charge in [0.05, 0.1) is 6.16 Å². The van der Waals surface area contributed by atoms with Crippen molar-refractivity contribution in [3.05, 3.63) is 90.5 Å². The van der Waals surface area contributed by atoms with E-state index in [0.717, 1.165) is 16.8 Å². The van der Waals surface area contributed by atoms with E-state index in [1.807, 2.05) is 42.5 Å². The number of hydrogen-bond donors (Lipinski definition) is 0. The minimum atomic E-state index is -2.30. The zero-order valence-electron chi connectivity index (χ0n) is 16.0. The van der Waals surface area contributed by atoms with E-state index in [1.165, 1.54) is 38.2 Å². The van der Waals surface area contributed by atoms with Crippen LogP contribution < -0.4 is 15.9 Å². The van der Waals surface area contributed by atoms with E-state index in [-0.39, 0.29) is 0 Å². The molecular formula is C25H26F2P+. The summed E-state index contributed by atoms with van der Waals surface area (Å²) in [4.78, 5) is 0. The predicted molar refractivity (Wildman–Crippen MR) is 117 cm³/mol. The van der Waals surface area contributed by atoms with Crippen LogP contribution in [-0.4, -0.2) is 6.16 Å². The highest BCUT2D eigenvalue weighted by atomic mass is 31.2. The van der Waals surface area contributed by atoms with Gasteiger partial charge in [-0.3, -0.25) is 0 Å². The minimum absolute atomic E-state index is 0.546. The van der Waals surface area contributed by atoms with Gasteiger partial charge in [0.15, 0.2) is 5.82 Å². The maximum absolute atomic E-state index is 15.3. The molecule has 0 saturated heterocycles. The van der Waals surface area contributed by atoms with E-state index >= 15 is 4.39 Å². The summed E-state index contributed by atoms with van der Waals surface area (Å²) in [6.45, 7) is 0. The summed E-state index contributed by atoms with van der Waals surface area (Å²) in [5.74, 6) is -0.887. The molecule has 3 heteroatoms. The van der Waals surface area contributed by atoms with E-state index in [4.69, 9.17) is 0 Å². The quantitative estimate of drug-likeness (QED) is 0.476.